The molecule has 0 aliphatic rings. The Labute approximate surface area is 210 Å². The lowest BCUT2D eigenvalue weighted by Crippen LogP contribution is -2.40. The Morgan fingerprint density at radius 3 is 2.11 bits per heavy atom. The first-order chi connectivity index (χ1) is 16.5. The van der Waals surface area contributed by atoms with Gasteiger partial charge < -0.3 is 0 Å². The fourth-order valence-corrected chi connectivity index (χ4v) is 7.84. The number of benzene rings is 2. The van der Waals surface area contributed by atoms with E-state index in [2.05, 4.69) is 14.7 Å². The zero-order valence-electron chi connectivity index (χ0n) is 19.8. The largest absolute Gasteiger partial charge is 0.265 e. The van der Waals surface area contributed by atoms with Gasteiger partial charge in [-0.3, -0.25) is 9.71 Å². The van der Waals surface area contributed by atoms with Gasteiger partial charge in [-0.05, 0) is 44.5 Å². The molecule has 0 saturated carbocycles. The van der Waals surface area contributed by atoms with Crippen LogP contribution in [0, 0.1) is 5.82 Å². The molecule has 194 valence electrons. The maximum absolute atomic E-state index is 15.1. The van der Waals surface area contributed by atoms with Gasteiger partial charge in [0.05, 0.1) is 23.0 Å². The van der Waals surface area contributed by atoms with Gasteiger partial charge in [0.25, 0.3) is 0 Å². The predicted molar refractivity (Wildman–Crippen MR) is 135 cm³/mol. The first kappa shape index (κ1) is 27.6. The highest BCUT2D eigenvalue weighted by Gasteiger charge is 2.25. The lowest BCUT2D eigenvalue weighted by atomic mass is 10.0. The lowest BCUT2D eigenvalue weighted by molar-refractivity contribution is 0.491. The second-order valence-corrected chi connectivity index (χ2v) is 15.0. The summed E-state index contributed by atoms with van der Waals surface area (Å²) >= 11 is 0. The van der Waals surface area contributed by atoms with Crippen molar-refractivity contribution in [3.05, 3.63) is 60.7 Å². The summed E-state index contributed by atoms with van der Waals surface area (Å²) < 4.78 is 91.8. The van der Waals surface area contributed by atoms with Gasteiger partial charge in [-0.2, -0.15) is 0 Å². The molecule has 14 heteroatoms. The van der Waals surface area contributed by atoms with Crippen LogP contribution in [-0.4, -0.2) is 52.1 Å². The number of sulfone groups is 1. The van der Waals surface area contributed by atoms with Gasteiger partial charge in [0.15, 0.2) is 20.7 Å². The van der Waals surface area contributed by atoms with E-state index in [4.69, 9.17) is 0 Å². The van der Waals surface area contributed by atoms with Crippen LogP contribution in [0.5, 0.6) is 0 Å². The van der Waals surface area contributed by atoms with Gasteiger partial charge >= 0.3 is 0 Å². The summed E-state index contributed by atoms with van der Waals surface area (Å²) in [6.45, 7) is 5.14. The molecule has 1 aromatic heterocycles. The molecular weight excluding hydrogens is 531 g/mol. The molecule has 10 nitrogen and oxygen atoms in total. The molecule has 1 heterocycles. The highest BCUT2D eigenvalue weighted by atomic mass is 32.3. The maximum Gasteiger partial charge on any atom is 0.248 e. The maximum atomic E-state index is 15.1. The molecule has 0 fully saturated rings. The molecule has 0 saturated heterocycles. The zero-order chi connectivity index (χ0) is 26.9. The van der Waals surface area contributed by atoms with Crippen LogP contribution in [0.3, 0.4) is 0 Å². The third kappa shape index (κ3) is 7.29. The lowest BCUT2D eigenvalue weighted by Gasteiger charge is -2.21. The standard InChI is InChI=1S/C22H25FN4O6S3/c1-22(2,3)27-36(32,33)20-8-6-5-7-16(20)15-9-10-17(18(23)11-15)19-12-25-21(13-24-19)26-35(30,31)14-34(4,28)29/h5-13,27H,14H2,1-4H3,(H,25,26). The van der Waals surface area contributed by atoms with Crippen molar-refractivity contribution in [2.24, 2.45) is 0 Å². The van der Waals surface area contributed by atoms with Crippen molar-refractivity contribution in [1.82, 2.24) is 14.7 Å². The summed E-state index contributed by atoms with van der Waals surface area (Å²) in [7, 11) is -11.9. The topological polar surface area (TPSA) is 152 Å². The Morgan fingerprint density at radius 2 is 1.56 bits per heavy atom. The van der Waals surface area contributed by atoms with Gasteiger partial charge in [0, 0.05) is 22.9 Å². The number of sulfonamides is 2. The second-order valence-electron chi connectivity index (χ2n) is 9.09. The molecule has 0 radical (unpaired) electrons. The smallest absolute Gasteiger partial charge is 0.248 e. The molecule has 0 atom stereocenters. The van der Waals surface area contributed by atoms with Crippen molar-refractivity contribution in [2.75, 3.05) is 16.1 Å². The number of rotatable bonds is 8. The van der Waals surface area contributed by atoms with Gasteiger partial charge in [0.1, 0.15) is 5.82 Å². The normalized spacial score (nSPS) is 12.9. The fourth-order valence-electron chi connectivity index (χ4n) is 3.28. The quantitative estimate of drug-likeness (QED) is 0.430. The molecule has 0 aliphatic carbocycles. The van der Waals surface area contributed by atoms with Crippen LogP contribution >= 0.6 is 0 Å². The van der Waals surface area contributed by atoms with Crippen molar-refractivity contribution in [1.29, 1.82) is 0 Å². The number of nitrogens with zero attached hydrogens (tertiary/aromatic N) is 2. The molecule has 36 heavy (non-hydrogen) atoms. The van der Waals surface area contributed by atoms with Crippen LogP contribution in [0.25, 0.3) is 22.4 Å². The average molecular weight is 557 g/mol. The Bertz CT molecular complexity index is 1600. The van der Waals surface area contributed by atoms with E-state index >= 15 is 4.39 Å². The highest BCUT2D eigenvalue weighted by molar-refractivity contribution is 8.08. The number of anilines is 1. The van der Waals surface area contributed by atoms with E-state index in [1.165, 1.54) is 24.3 Å². The Kier molecular flexibility index (Phi) is 7.56. The van der Waals surface area contributed by atoms with E-state index in [0.29, 0.717) is 11.1 Å². The monoisotopic (exact) mass is 556 g/mol. The molecule has 3 rings (SSSR count). The Balaban J connectivity index is 1.91. The number of halogens is 1. The highest BCUT2D eigenvalue weighted by Crippen LogP contribution is 2.31. The van der Waals surface area contributed by atoms with Crippen molar-refractivity contribution in [3.63, 3.8) is 0 Å². The van der Waals surface area contributed by atoms with Crippen LogP contribution < -0.4 is 9.44 Å². The molecule has 0 aliphatic heterocycles. The van der Waals surface area contributed by atoms with Gasteiger partial charge in [-0.25, -0.2) is 39.3 Å². The van der Waals surface area contributed by atoms with E-state index in [1.54, 1.807) is 39.0 Å². The van der Waals surface area contributed by atoms with Crippen molar-refractivity contribution in [2.45, 2.75) is 31.2 Å². The van der Waals surface area contributed by atoms with Crippen LogP contribution in [0.1, 0.15) is 20.8 Å². The van der Waals surface area contributed by atoms with Crippen LogP contribution in [0.15, 0.2) is 59.8 Å². The third-order valence-corrected chi connectivity index (χ3v) is 9.74. The summed E-state index contributed by atoms with van der Waals surface area (Å²) in [4.78, 5) is 7.87. The minimum atomic E-state index is -4.21. The Morgan fingerprint density at radius 1 is 0.889 bits per heavy atom. The molecular formula is C22H25FN4O6S3. The molecule has 0 bridgehead atoms. The SMILES string of the molecule is CC(C)(C)NS(=O)(=O)c1ccccc1-c1ccc(-c2cnc(NS(=O)(=O)CS(C)(=O)=O)cn2)c(F)c1. The van der Waals surface area contributed by atoms with E-state index < -0.39 is 46.3 Å². The molecule has 2 aromatic carbocycles. The minimum absolute atomic E-state index is 0.00223. The number of nitrogens with one attached hydrogen (secondary N) is 2. The van der Waals surface area contributed by atoms with Crippen LogP contribution in [0.4, 0.5) is 10.2 Å². The first-order valence-corrected chi connectivity index (χ1v) is 15.6. The molecule has 0 unspecified atom stereocenters. The predicted octanol–water partition coefficient (Wildman–Crippen LogP) is 2.77. The first-order valence-electron chi connectivity index (χ1n) is 10.4. The van der Waals surface area contributed by atoms with Gasteiger partial charge in [-0.15, -0.1) is 0 Å². The summed E-state index contributed by atoms with van der Waals surface area (Å²) in [5.41, 5.74) is 0.0428. The van der Waals surface area contributed by atoms with Crippen molar-refractivity contribution < 1.29 is 29.6 Å². The number of hydrogen-bond acceptors (Lipinski definition) is 8. The fraction of sp³-hybridized carbons (Fsp3) is 0.273. The third-order valence-electron chi connectivity index (χ3n) is 4.45. The van der Waals surface area contributed by atoms with E-state index in [1.807, 2.05) is 4.72 Å². The Hall–Kier alpha value is -2.94. The number of aromatic nitrogens is 2. The summed E-state index contributed by atoms with van der Waals surface area (Å²) in [6, 6.07) is 10.3. The zero-order valence-corrected chi connectivity index (χ0v) is 22.3. The van der Waals surface area contributed by atoms with E-state index in [0.717, 1.165) is 18.6 Å². The van der Waals surface area contributed by atoms with Crippen molar-refractivity contribution in [3.8, 4) is 22.4 Å². The van der Waals surface area contributed by atoms with Crippen LogP contribution in [-0.2, 0) is 29.9 Å². The second kappa shape index (κ2) is 9.84. The average Bonchev–Trinajstić information content (AvgIpc) is 2.70. The molecule has 0 spiro atoms. The minimum Gasteiger partial charge on any atom is -0.265 e. The van der Waals surface area contributed by atoms with E-state index in [-0.39, 0.29) is 22.0 Å². The van der Waals surface area contributed by atoms with Gasteiger partial charge in [0.2, 0.25) is 20.0 Å². The van der Waals surface area contributed by atoms with Crippen LogP contribution in [0.2, 0.25) is 0 Å². The number of hydrogen-bond donors (Lipinski definition) is 2. The van der Waals surface area contributed by atoms with Gasteiger partial charge in [-0.1, -0.05) is 24.3 Å². The van der Waals surface area contributed by atoms with Crippen molar-refractivity contribution >= 4 is 35.7 Å². The summed E-state index contributed by atoms with van der Waals surface area (Å²) in [5.74, 6) is -0.937. The summed E-state index contributed by atoms with van der Waals surface area (Å²) in [5, 5.41) is -1.12. The molecule has 0 amide bonds. The summed E-state index contributed by atoms with van der Waals surface area (Å²) in [6.07, 6.45) is 2.94. The molecule has 2 N–H and O–H groups in total. The molecule has 3 aromatic rings. The van der Waals surface area contributed by atoms with E-state index in [9.17, 15) is 25.3 Å².